The van der Waals surface area contributed by atoms with Crippen LogP contribution in [0.15, 0.2) is 42.6 Å². The van der Waals surface area contributed by atoms with Crippen molar-refractivity contribution in [3.8, 4) is 5.75 Å². The molecule has 0 amide bonds. The second-order valence-corrected chi connectivity index (χ2v) is 4.89. The third kappa shape index (κ3) is 3.95. The fraction of sp³-hybridized carbons (Fsp3) is 0.353. The number of pyridine rings is 1. The minimum Gasteiger partial charge on any atom is -0.490 e. The molecule has 1 heterocycles. The van der Waals surface area contributed by atoms with Crippen LogP contribution in [0.5, 0.6) is 5.75 Å². The zero-order chi connectivity index (χ0) is 15.1. The zero-order valence-electron chi connectivity index (χ0n) is 12.7. The van der Waals surface area contributed by atoms with Crippen LogP contribution in [0.25, 0.3) is 0 Å². The number of benzene rings is 1. The topological polar surface area (TPSA) is 51.4 Å². The molecule has 112 valence electrons. The lowest BCUT2D eigenvalue weighted by atomic mass is 10.2. The molecule has 4 nitrogen and oxygen atoms in total. The third-order valence-corrected chi connectivity index (χ3v) is 3.24. The summed E-state index contributed by atoms with van der Waals surface area (Å²) in [4.78, 5) is 6.67. The molecule has 0 atom stereocenters. The molecule has 0 bridgehead atoms. The smallest absolute Gasteiger partial charge is 0.175 e. The number of hydrogen-bond donors (Lipinski definition) is 1. The first-order chi connectivity index (χ1) is 10.3. The number of hydrogen-bond acceptors (Lipinski definition) is 4. The first-order valence-corrected chi connectivity index (χ1v) is 7.38. The minimum atomic E-state index is 0.622. The maximum atomic E-state index is 5.71. The van der Waals surface area contributed by atoms with Crippen molar-refractivity contribution < 1.29 is 4.74 Å². The molecular formula is C17H23N3O. The van der Waals surface area contributed by atoms with Gasteiger partial charge in [0.05, 0.1) is 6.61 Å². The Kier molecular flexibility index (Phi) is 5.58. The van der Waals surface area contributed by atoms with Crippen molar-refractivity contribution in [1.29, 1.82) is 0 Å². The molecule has 2 aromatic rings. The number of nitrogens with two attached hydrogens (primary N) is 1. The zero-order valence-corrected chi connectivity index (χ0v) is 12.7. The molecule has 4 heteroatoms. The summed E-state index contributed by atoms with van der Waals surface area (Å²) in [5.41, 5.74) is 8.02. The van der Waals surface area contributed by atoms with Crippen molar-refractivity contribution >= 4 is 11.5 Å². The number of anilines is 2. The van der Waals surface area contributed by atoms with Crippen LogP contribution >= 0.6 is 0 Å². The Morgan fingerprint density at radius 3 is 2.62 bits per heavy atom. The van der Waals surface area contributed by atoms with Crippen LogP contribution in [-0.4, -0.2) is 24.7 Å². The van der Waals surface area contributed by atoms with Crippen LogP contribution in [0.1, 0.15) is 18.9 Å². The molecule has 2 rings (SSSR count). The van der Waals surface area contributed by atoms with Gasteiger partial charge in [-0.15, -0.1) is 0 Å². The molecule has 0 aliphatic carbocycles. The van der Waals surface area contributed by atoms with E-state index in [9.17, 15) is 0 Å². The molecule has 0 saturated heterocycles. The molecule has 0 spiro atoms. The Labute approximate surface area is 126 Å². The number of aromatic nitrogens is 1. The molecular weight excluding hydrogens is 262 g/mol. The van der Waals surface area contributed by atoms with Gasteiger partial charge < -0.3 is 15.4 Å². The summed E-state index contributed by atoms with van der Waals surface area (Å²) in [5, 5.41) is 0. The third-order valence-electron chi connectivity index (χ3n) is 3.24. The summed E-state index contributed by atoms with van der Waals surface area (Å²) < 4.78 is 5.71. The number of rotatable bonds is 7. The highest BCUT2D eigenvalue weighted by atomic mass is 16.5. The highest BCUT2D eigenvalue weighted by Gasteiger charge is 2.15. The van der Waals surface area contributed by atoms with E-state index >= 15 is 0 Å². The van der Waals surface area contributed by atoms with Crippen LogP contribution in [0.3, 0.4) is 0 Å². The Bertz CT molecular complexity index is 554. The van der Waals surface area contributed by atoms with Crippen molar-refractivity contribution in [3.63, 3.8) is 0 Å². The maximum Gasteiger partial charge on any atom is 0.175 e. The van der Waals surface area contributed by atoms with Gasteiger partial charge in [0, 0.05) is 18.4 Å². The Morgan fingerprint density at radius 2 is 1.95 bits per heavy atom. The van der Waals surface area contributed by atoms with Crippen molar-refractivity contribution in [1.82, 2.24) is 4.98 Å². The van der Waals surface area contributed by atoms with Gasteiger partial charge in [-0.05, 0) is 51.1 Å². The molecule has 1 aromatic carbocycles. The van der Waals surface area contributed by atoms with Crippen molar-refractivity contribution in [2.45, 2.75) is 20.3 Å². The predicted octanol–water partition coefficient (Wildman–Crippen LogP) is 3.28. The molecule has 0 fully saturated rings. The average molecular weight is 285 g/mol. The highest BCUT2D eigenvalue weighted by Crippen LogP contribution is 2.31. The second kappa shape index (κ2) is 7.64. The van der Waals surface area contributed by atoms with Crippen LogP contribution in [0.4, 0.5) is 11.5 Å². The highest BCUT2D eigenvalue weighted by molar-refractivity contribution is 5.65. The molecule has 2 N–H and O–H groups in total. The normalized spacial score (nSPS) is 10.4. The van der Waals surface area contributed by atoms with Crippen molar-refractivity contribution in [2.24, 2.45) is 5.73 Å². The molecule has 0 aliphatic heterocycles. The fourth-order valence-corrected chi connectivity index (χ4v) is 2.18. The summed E-state index contributed by atoms with van der Waals surface area (Å²) in [6, 6.07) is 12.3. The summed E-state index contributed by atoms with van der Waals surface area (Å²) in [5.74, 6) is 1.65. The van der Waals surface area contributed by atoms with Gasteiger partial charge >= 0.3 is 0 Å². The lowest BCUT2D eigenvalue weighted by molar-refractivity contribution is 0.339. The lowest BCUT2D eigenvalue weighted by Crippen LogP contribution is -2.22. The summed E-state index contributed by atoms with van der Waals surface area (Å²) in [7, 11) is 0. The van der Waals surface area contributed by atoms with E-state index in [2.05, 4.69) is 41.1 Å². The van der Waals surface area contributed by atoms with Gasteiger partial charge in [-0.3, -0.25) is 0 Å². The SMILES string of the molecule is CCOc1cccnc1N(CCCN)c1ccc(C)cc1. The minimum absolute atomic E-state index is 0.622. The van der Waals surface area contributed by atoms with Gasteiger partial charge in [0.15, 0.2) is 11.6 Å². The molecule has 0 aliphatic rings. The van der Waals surface area contributed by atoms with E-state index in [1.807, 2.05) is 19.1 Å². The Morgan fingerprint density at radius 1 is 1.19 bits per heavy atom. The van der Waals surface area contributed by atoms with E-state index in [0.717, 1.165) is 30.2 Å². The second-order valence-electron chi connectivity index (χ2n) is 4.89. The Balaban J connectivity index is 2.37. The van der Waals surface area contributed by atoms with Crippen LogP contribution in [-0.2, 0) is 0 Å². The number of aryl methyl sites for hydroxylation is 1. The molecule has 0 saturated carbocycles. The average Bonchev–Trinajstić information content (AvgIpc) is 2.51. The van der Waals surface area contributed by atoms with Gasteiger partial charge in [-0.1, -0.05) is 17.7 Å². The standard InChI is InChI=1S/C17H23N3O/c1-3-21-16-6-4-12-19-17(16)20(13-5-11-18)15-9-7-14(2)8-10-15/h4,6-10,12H,3,5,11,13,18H2,1-2H3. The monoisotopic (exact) mass is 285 g/mol. The van der Waals surface area contributed by atoms with Gasteiger partial charge in [-0.25, -0.2) is 4.98 Å². The van der Waals surface area contributed by atoms with Crippen LogP contribution in [0, 0.1) is 6.92 Å². The molecule has 0 radical (unpaired) electrons. The van der Waals surface area contributed by atoms with Gasteiger partial charge in [0.2, 0.25) is 0 Å². The predicted molar refractivity (Wildman–Crippen MR) is 87.3 cm³/mol. The fourth-order valence-electron chi connectivity index (χ4n) is 2.18. The molecule has 21 heavy (non-hydrogen) atoms. The van der Waals surface area contributed by atoms with E-state index in [4.69, 9.17) is 10.5 Å². The summed E-state index contributed by atoms with van der Waals surface area (Å²) in [6.45, 7) is 6.15. The van der Waals surface area contributed by atoms with Gasteiger partial charge in [-0.2, -0.15) is 0 Å². The Hall–Kier alpha value is -2.07. The van der Waals surface area contributed by atoms with Gasteiger partial charge in [0.25, 0.3) is 0 Å². The van der Waals surface area contributed by atoms with Crippen molar-refractivity contribution in [3.05, 3.63) is 48.2 Å². The first-order valence-electron chi connectivity index (χ1n) is 7.38. The largest absolute Gasteiger partial charge is 0.490 e. The lowest BCUT2D eigenvalue weighted by Gasteiger charge is -2.25. The van der Waals surface area contributed by atoms with Crippen LogP contribution < -0.4 is 15.4 Å². The van der Waals surface area contributed by atoms with E-state index in [0.29, 0.717) is 13.2 Å². The summed E-state index contributed by atoms with van der Waals surface area (Å²) in [6.07, 6.45) is 2.69. The summed E-state index contributed by atoms with van der Waals surface area (Å²) >= 11 is 0. The van der Waals surface area contributed by atoms with E-state index in [1.54, 1.807) is 6.20 Å². The quantitative estimate of drug-likeness (QED) is 0.848. The number of nitrogens with zero attached hydrogens (tertiary/aromatic N) is 2. The number of ether oxygens (including phenoxy) is 1. The molecule has 1 aromatic heterocycles. The van der Waals surface area contributed by atoms with E-state index in [1.165, 1.54) is 5.56 Å². The first kappa shape index (κ1) is 15.3. The van der Waals surface area contributed by atoms with E-state index < -0.39 is 0 Å². The maximum absolute atomic E-state index is 5.71. The van der Waals surface area contributed by atoms with Crippen molar-refractivity contribution in [2.75, 3.05) is 24.6 Å². The molecule has 0 unspecified atom stereocenters. The van der Waals surface area contributed by atoms with Gasteiger partial charge in [0.1, 0.15) is 0 Å². The van der Waals surface area contributed by atoms with E-state index in [-0.39, 0.29) is 0 Å². The van der Waals surface area contributed by atoms with Crippen LogP contribution in [0.2, 0.25) is 0 Å².